The Kier molecular flexibility index (Phi) is 3.43. The lowest BCUT2D eigenvalue weighted by atomic mass is 9.99. The summed E-state index contributed by atoms with van der Waals surface area (Å²) in [6, 6.07) is 8.41. The largest absolute Gasteiger partial charge is 0.551 e. The van der Waals surface area contributed by atoms with Crippen LogP contribution in [0.15, 0.2) is 30.0 Å². The second-order valence-corrected chi connectivity index (χ2v) is 8.15. The number of hydrogen-bond acceptors (Lipinski definition) is 1. The molecule has 0 heterocycles. The fourth-order valence-electron chi connectivity index (χ4n) is 1.64. The Morgan fingerprint density at radius 1 is 1.12 bits per heavy atom. The first-order valence-corrected chi connectivity index (χ1v) is 7.56. The molecule has 0 saturated carbocycles. The van der Waals surface area contributed by atoms with Crippen LogP contribution in [0.3, 0.4) is 0 Å². The third-order valence-corrected chi connectivity index (χ3v) is 5.80. The average Bonchev–Trinajstić information content (AvgIpc) is 2.69. The molecule has 0 unspecified atom stereocenters. The van der Waals surface area contributed by atoms with Crippen molar-refractivity contribution in [2.75, 3.05) is 0 Å². The molecule has 0 aliphatic heterocycles. The third kappa shape index (κ3) is 2.81. The highest BCUT2D eigenvalue weighted by Crippen LogP contribution is 2.35. The Bertz CT molecular complexity index is 432. The first-order chi connectivity index (χ1) is 7.99. The molecule has 0 fully saturated rings. The molecular weight excluding hydrogens is 224 g/mol. The van der Waals surface area contributed by atoms with Gasteiger partial charge in [0, 0.05) is 0 Å². The lowest BCUT2D eigenvalue weighted by Gasteiger charge is -2.28. The fourth-order valence-corrected chi connectivity index (χ4v) is 2.68. The maximum absolute atomic E-state index is 6.06. The third-order valence-electron chi connectivity index (χ3n) is 3.77. The van der Waals surface area contributed by atoms with Crippen LogP contribution in [0.25, 0.3) is 6.08 Å². The molecule has 1 radical (unpaired) electrons. The van der Waals surface area contributed by atoms with Crippen molar-refractivity contribution in [2.45, 2.75) is 32.7 Å². The highest BCUT2D eigenvalue weighted by molar-refractivity contribution is 6.32. The van der Waals surface area contributed by atoms with Gasteiger partial charge in [-0.1, -0.05) is 52.0 Å². The SMILES string of the molecule is CC(C)C(C)(C)[SiH2]OC1=Cc2ccccc2[CH]1. The molecule has 0 N–H and O–H groups in total. The number of benzene rings is 1. The standard InChI is InChI=1S/C15H21OSi/c1-11(2)15(3,4)17-16-14-9-12-7-5-6-8-13(12)10-14/h5-11H,17H2,1-4H3. The van der Waals surface area contributed by atoms with Gasteiger partial charge in [0.05, 0.1) is 12.2 Å². The predicted octanol–water partition coefficient (Wildman–Crippen LogP) is 3.55. The summed E-state index contributed by atoms with van der Waals surface area (Å²) in [5.41, 5.74) is 2.55. The molecule has 1 aliphatic carbocycles. The minimum absolute atomic E-state index is 0.351. The smallest absolute Gasteiger partial charge is 0.225 e. The monoisotopic (exact) mass is 245 g/mol. The van der Waals surface area contributed by atoms with Crippen LogP contribution in [0.2, 0.25) is 5.04 Å². The van der Waals surface area contributed by atoms with Crippen molar-refractivity contribution >= 4 is 15.8 Å². The molecule has 2 rings (SSSR count). The van der Waals surface area contributed by atoms with E-state index in [0.717, 1.165) is 5.76 Å². The number of rotatable bonds is 4. The minimum Gasteiger partial charge on any atom is -0.551 e. The summed E-state index contributed by atoms with van der Waals surface area (Å²) in [5, 5.41) is 0.351. The Morgan fingerprint density at radius 3 is 2.35 bits per heavy atom. The van der Waals surface area contributed by atoms with E-state index >= 15 is 0 Å². The molecule has 0 amide bonds. The Hall–Kier alpha value is -1.02. The molecule has 17 heavy (non-hydrogen) atoms. The molecule has 0 aromatic heterocycles. The van der Waals surface area contributed by atoms with E-state index in [1.54, 1.807) is 0 Å². The van der Waals surface area contributed by atoms with E-state index in [-0.39, 0.29) is 0 Å². The molecule has 91 valence electrons. The van der Waals surface area contributed by atoms with E-state index in [4.69, 9.17) is 4.43 Å². The summed E-state index contributed by atoms with van der Waals surface area (Å²) >= 11 is 0. The first kappa shape index (κ1) is 12.4. The number of fused-ring (bicyclic) bond motifs is 1. The predicted molar refractivity (Wildman–Crippen MR) is 76.3 cm³/mol. The van der Waals surface area contributed by atoms with Gasteiger partial charge in [0.25, 0.3) is 0 Å². The van der Waals surface area contributed by atoms with Crippen molar-refractivity contribution < 1.29 is 4.43 Å². The van der Waals surface area contributed by atoms with Crippen LogP contribution >= 0.6 is 0 Å². The van der Waals surface area contributed by atoms with Gasteiger partial charge in [-0.15, -0.1) is 0 Å². The van der Waals surface area contributed by atoms with Crippen molar-refractivity contribution in [3.05, 3.63) is 47.6 Å². The minimum atomic E-state index is -0.552. The molecule has 0 bridgehead atoms. The molecule has 1 aromatic rings. The molecule has 0 atom stereocenters. The Labute approximate surface area is 107 Å². The molecular formula is C15H21OSi. The van der Waals surface area contributed by atoms with Crippen LogP contribution < -0.4 is 0 Å². The van der Waals surface area contributed by atoms with Crippen molar-refractivity contribution in [3.63, 3.8) is 0 Å². The van der Waals surface area contributed by atoms with Gasteiger partial charge >= 0.3 is 0 Å². The van der Waals surface area contributed by atoms with Gasteiger partial charge in [0.2, 0.25) is 9.76 Å². The van der Waals surface area contributed by atoms with Gasteiger partial charge in [-0.3, -0.25) is 0 Å². The van der Waals surface area contributed by atoms with E-state index in [1.807, 2.05) is 0 Å². The lowest BCUT2D eigenvalue weighted by molar-refractivity contribution is 0.386. The highest BCUT2D eigenvalue weighted by atomic mass is 28.2. The molecule has 1 aromatic carbocycles. The van der Waals surface area contributed by atoms with Gasteiger partial charge < -0.3 is 4.43 Å². The second-order valence-electron chi connectivity index (χ2n) is 5.75. The quantitative estimate of drug-likeness (QED) is 0.737. The maximum atomic E-state index is 6.06. The number of allylic oxidation sites excluding steroid dienone is 1. The highest BCUT2D eigenvalue weighted by Gasteiger charge is 2.25. The molecule has 0 saturated heterocycles. The summed E-state index contributed by atoms with van der Waals surface area (Å²) in [4.78, 5) is 0. The van der Waals surface area contributed by atoms with Crippen molar-refractivity contribution in [1.82, 2.24) is 0 Å². The maximum Gasteiger partial charge on any atom is 0.225 e. The zero-order valence-corrected chi connectivity index (χ0v) is 12.6. The zero-order chi connectivity index (χ0) is 12.5. The van der Waals surface area contributed by atoms with Crippen molar-refractivity contribution in [3.8, 4) is 0 Å². The van der Waals surface area contributed by atoms with Gasteiger partial charge in [0.1, 0.15) is 0 Å². The molecule has 0 spiro atoms. The van der Waals surface area contributed by atoms with Crippen LogP contribution in [-0.2, 0) is 4.43 Å². The summed E-state index contributed by atoms with van der Waals surface area (Å²) in [6.45, 7) is 9.18. The normalized spacial score (nSPS) is 15.5. The van der Waals surface area contributed by atoms with Gasteiger partial charge in [-0.2, -0.15) is 0 Å². The van der Waals surface area contributed by atoms with Crippen LogP contribution in [0, 0.1) is 12.3 Å². The van der Waals surface area contributed by atoms with E-state index in [0.29, 0.717) is 11.0 Å². The van der Waals surface area contributed by atoms with Crippen LogP contribution in [0.1, 0.15) is 38.8 Å². The van der Waals surface area contributed by atoms with Gasteiger partial charge in [-0.05, 0) is 28.2 Å². The van der Waals surface area contributed by atoms with Crippen molar-refractivity contribution in [1.29, 1.82) is 0 Å². The summed E-state index contributed by atoms with van der Waals surface area (Å²) in [7, 11) is -0.552. The lowest BCUT2D eigenvalue weighted by Crippen LogP contribution is -2.21. The second kappa shape index (κ2) is 4.69. The van der Waals surface area contributed by atoms with Gasteiger partial charge in [-0.25, -0.2) is 0 Å². The van der Waals surface area contributed by atoms with Crippen LogP contribution in [-0.4, -0.2) is 9.76 Å². The van der Waals surface area contributed by atoms with Gasteiger partial charge in [0.15, 0.2) is 0 Å². The molecule has 1 aliphatic rings. The van der Waals surface area contributed by atoms with Crippen LogP contribution in [0.4, 0.5) is 0 Å². The van der Waals surface area contributed by atoms with E-state index in [1.165, 1.54) is 11.1 Å². The zero-order valence-electron chi connectivity index (χ0n) is 11.2. The molecule has 1 nitrogen and oxygen atoms in total. The molecule has 2 heteroatoms. The van der Waals surface area contributed by atoms with E-state index in [2.05, 4.69) is 64.5 Å². The topological polar surface area (TPSA) is 9.23 Å². The Balaban J connectivity index is 1.96. The summed E-state index contributed by atoms with van der Waals surface area (Å²) in [6.07, 6.45) is 4.30. The number of hydrogen-bond donors (Lipinski definition) is 0. The van der Waals surface area contributed by atoms with Crippen molar-refractivity contribution in [2.24, 2.45) is 5.92 Å². The van der Waals surface area contributed by atoms with E-state index < -0.39 is 9.76 Å². The van der Waals surface area contributed by atoms with Crippen LogP contribution in [0.5, 0.6) is 0 Å². The summed E-state index contributed by atoms with van der Waals surface area (Å²) < 4.78 is 6.06. The van der Waals surface area contributed by atoms with E-state index in [9.17, 15) is 0 Å². The fraction of sp³-hybridized carbons (Fsp3) is 0.400. The summed E-state index contributed by atoms with van der Waals surface area (Å²) in [5.74, 6) is 1.73. The Morgan fingerprint density at radius 2 is 1.76 bits per heavy atom. The first-order valence-electron chi connectivity index (χ1n) is 6.27. The average molecular weight is 245 g/mol.